The number of Topliss-reactive ketones (excluding diaryl/α,β-unsaturated/α-hetero) is 1. The van der Waals surface area contributed by atoms with Gasteiger partial charge in [0.25, 0.3) is 0 Å². The number of alkyl halides is 3. The van der Waals surface area contributed by atoms with Crippen LogP contribution < -0.4 is 0 Å². The molecule has 0 radical (unpaired) electrons. The predicted octanol–water partition coefficient (Wildman–Crippen LogP) is 2.05. The monoisotopic (exact) mass is 394 g/mol. The lowest BCUT2D eigenvalue weighted by Crippen LogP contribution is -2.52. The van der Waals surface area contributed by atoms with E-state index in [1.54, 1.807) is 0 Å². The van der Waals surface area contributed by atoms with Gasteiger partial charge in [0.2, 0.25) is 5.91 Å². The summed E-state index contributed by atoms with van der Waals surface area (Å²) in [7, 11) is 2.04. The highest BCUT2D eigenvalue weighted by molar-refractivity contribution is 6.67. The lowest BCUT2D eigenvalue weighted by atomic mass is 9.78. The summed E-state index contributed by atoms with van der Waals surface area (Å²) in [4.78, 5) is 29.7. The first kappa shape index (κ1) is 18.5. The van der Waals surface area contributed by atoms with Crippen molar-refractivity contribution in [1.82, 2.24) is 9.80 Å². The molecule has 0 saturated carbocycles. The standard InChI is InChI=1S/C16H21Cl3N2O3/c1-20-6-8-21(9-7-20)15(23)14-12-3-2-11(24-12)13(14)10(22)4-5-16(17,18)19/h2-3,11-14H,4-9H2,1H3/t11-,12+,13?,14?/m1/s1. The van der Waals surface area contributed by atoms with E-state index in [-0.39, 0.29) is 36.7 Å². The van der Waals surface area contributed by atoms with Gasteiger partial charge in [0, 0.05) is 39.0 Å². The number of ketones is 1. The Labute approximate surface area is 156 Å². The van der Waals surface area contributed by atoms with Gasteiger partial charge >= 0.3 is 0 Å². The van der Waals surface area contributed by atoms with Gasteiger partial charge in [-0.1, -0.05) is 47.0 Å². The fourth-order valence-electron chi connectivity index (χ4n) is 3.66. The molecule has 3 aliphatic rings. The number of halogens is 3. The summed E-state index contributed by atoms with van der Waals surface area (Å²) < 4.78 is 4.34. The Morgan fingerprint density at radius 3 is 2.25 bits per heavy atom. The Morgan fingerprint density at radius 1 is 1.08 bits per heavy atom. The number of piperazine rings is 1. The number of nitrogens with zero attached hydrogens (tertiary/aromatic N) is 2. The van der Waals surface area contributed by atoms with Gasteiger partial charge in [-0.25, -0.2) is 0 Å². The summed E-state index contributed by atoms with van der Waals surface area (Å²) in [5, 5.41) is 0. The molecule has 0 spiro atoms. The van der Waals surface area contributed by atoms with Gasteiger partial charge in [0.05, 0.1) is 24.0 Å². The zero-order valence-electron chi connectivity index (χ0n) is 13.5. The van der Waals surface area contributed by atoms with Crippen molar-refractivity contribution in [2.75, 3.05) is 33.2 Å². The van der Waals surface area contributed by atoms with E-state index in [9.17, 15) is 9.59 Å². The first-order chi connectivity index (χ1) is 11.3. The zero-order valence-corrected chi connectivity index (χ0v) is 15.7. The quantitative estimate of drug-likeness (QED) is 0.540. The molecule has 0 aromatic rings. The molecule has 2 saturated heterocycles. The van der Waals surface area contributed by atoms with Crippen molar-refractivity contribution in [2.24, 2.45) is 11.8 Å². The molecule has 2 bridgehead atoms. The lowest BCUT2D eigenvalue weighted by Gasteiger charge is -2.36. The summed E-state index contributed by atoms with van der Waals surface area (Å²) in [6.45, 7) is 3.05. The van der Waals surface area contributed by atoms with Crippen LogP contribution in [0.4, 0.5) is 0 Å². The van der Waals surface area contributed by atoms with Gasteiger partial charge in [-0.15, -0.1) is 0 Å². The smallest absolute Gasteiger partial charge is 0.229 e. The minimum atomic E-state index is -1.46. The van der Waals surface area contributed by atoms with Gasteiger partial charge in [0.15, 0.2) is 3.79 Å². The molecule has 8 heteroatoms. The van der Waals surface area contributed by atoms with Crippen LogP contribution in [0.1, 0.15) is 12.8 Å². The van der Waals surface area contributed by atoms with Gasteiger partial charge in [-0.05, 0) is 7.05 Å². The van der Waals surface area contributed by atoms with E-state index in [1.807, 2.05) is 24.1 Å². The fourth-order valence-corrected chi connectivity index (χ4v) is 3.94. The van der Waals surface area contributed by atoms with Crippen molar-refractivity contribution in [3.8, 4) is 0 Å². The van der Waals surface area contributed by atoms with Crippen LogP contribution in [0.25, 0.3) is 0 Å². The number of amides is 1. The highest BCUT2D eigenvalue weighted by Crippen LogP contribution is 2.42. The maximum absolute atomic E-state index is 13.0. The first-order valence-electron chi connectivity index (χ1n) is 8.17. The summed E-state index contributed by atoms with van der Waals surface area (Å²) in [6, 6.07) is 0. The van der Waals surface area contributed by atoms with Crippen molar-refractivity contribution in [3.05, 3.63) is 12.2 Å². The zero-order chi connectivity index (χ0) is 17.5. The average molecular weight is 396 g/mol. The molecule has 0 aromatic carbocycles. The summed E-state index contributed by atoms with van der Waals surface area (Å²) in [5.41, 5.74) is 0. The number of carbonyl (C=O) groups excluding carboxylic acids is 2. The van der Waals surface area contributed by atoms with Crippen molar-refractivity contribution < 1.29 is 14.3 Å². The fraction of sp³-hybridized carbons (Fsp3) is 0.750. The molecule has 3 heterocycles. The molecule has 0 aliphatic carbocycles. The van der Waals surface area contributed by atoms with Crippen LogP contribution in [0.15, 0.2) is 12.2 Å². The molecule has 5 nitrogen and oxygen atoms in total. The minimum Gasteiger partial charge on any atom is -0.365 e. The second kappa shape index (κ2) is 7.12. The first-order valence-corrected chi connectivity index (χ1v) is 9.30. The lowest BCUT2D eigenvalue weighted by molar-refractivity contribution is -0.142. The second-order valence-corrected chi connectivity index (χ2v) is 9.23. The van der Waals surface area contributed by atoms with Crippen LogP contribution in [0.2, 0.25) is 0 Å². The maximum atomic E-state index is 13.0. The summed E-state index contributed by atoms with van der Waals surface area (Å²) in [5.74, 6) is -0.983. The van der Waals surface area contributed by atoms with E-state index in [1.165, 1.54) is 0 Å². The number of carbonyl (C=O) groups is 2. The summed E-state index contributed by atoms with van der Waals surface area (Å²) in [6.07, 6.45) is 3.39. The van der Waals surface area contributed by atoms with E-state index >= 15 is 0 Å². The van der Waals surface area contributed by atoms with Crippen LogP contribution in [-0.4, -0.2) is 70.7 Å². The van der Waals surface area contributed by atoms with Gasteiger partial charge in [-0.2, -0.15) is 0 Å². The third-order valence-corrected chi connectivity index (χ3v) is 5.59. The van der Waals surface area contributed by atoms with Crippen LogP contribution in [0.5, 0.6) is 0 Å². The molecule has 2 fully saturated rings. The third kappa shape index (κ3) is 3.91. The van der Waals surface area contributed by atoms with Crippen LogP contribution >= 0.6 is 34.8 Å². The van der Waals surface area contributed by atoms with E-state index < -0.39 is 15.6 Å². The Morgan fingerprint density at radius 2 is 1.67 bits per heavy atom. The predicted molar refractivity (Wildman–Crippen MR) is 93.4 cm³/mol. The Bertz CT molecular complexity index is 541. The highest BCUT2D eigenvalue weighted by Gasteiger charge is 2.53. The molecule has 4 atom stereocenters. The molecule has 2 unspecified atom stereocenters. The van der Waals surface area contributed by atoms with E-state index in [4.69, 9.17) is 39.5 Å². The minimum absolute atomic E-state index is 0.00665. The van der Waals surface area contributed by atoms with Crippen molar-refractivity contribution in [2.45, 2.75) is 28.8 Å². The molecular formula is C16H21Cl3N2O3. The largest absolute Gasteiger partial charge is 0.365 e. The van der Waals surface area contributed by atoms with E-state index in [2.05, 4.69) is 4.90 Å². The molecule has 24 heavy (non-hydrogen) atoms. The molecule has 1 amide bonds. The third-order valence-electron chi connectivity index (χ3n) is 5.03. The Kier molecular flexibility index (Phi) is 5.48. The topological polar surface area (TPSA) is 49.9 Å². The SMILES string of the molecule is CN1CCN(C(=O)C2C(C(=O)CCC(Cl)(Cl)Cl)[C@H]3C=C[C@@H]2O3)CC1. The average Bonchev–Trinajstić information content (AvgIpc) is 3.13. The Hall–Kier alpha value is -0.330. The molecule has 134 valence electrons. The molecule has 3 aliphatic heterocycles. The van der Waals surface area contributed by atoms with Gasteiger partial charge in [0.1, 0.15) is 5.78 Å². The maximum Gasteiger partial charge on any atom is 0.229 e. The number of rotatable bonds is 4. The van der Waals surface area contributed by atoms with E-state index in [0.717, 1.165) is 13.1 Å². The normalized spacial score (nSPS) is 33.2. The van der Waals surface area contributed by atoms with Crippen LogP contribution in [0.3, 0.4) is 0 Å². The number of ether oxygens (including phenoxy) is 1. The second-order valence-electron chi connectivity index (χ2n) is 6.71. The number of likely N-dealkylation sites (N-methyl/N-ethyl adjacent to an activating group) is 1. The molecular weight excluding hydrogens is 375 g/mol. The van der Waals surface area contributed by atoms with Crippen LogP contribution in [-0.2, 0) is 14.3 Å². The highest BCUT2D eigenvalue weighted by atomic mass is 35.6. The molecule has 0 aromatic heterocycles. The number of hydrogen-bond donors (Lipinski definition) is 0. The van der Waals surface area contributed by atoms with Crippen molar-refractivity contribution in [1.29, 1.82) is 0 Å². The van der Waals surface area contributed by atoms with E-state index in [0.29, 0.717) is 13.1 Å². The van der Waals surface area contributed by atoms with Gasteiger partial charge < -0.3 is 14.5 Å². The van der Waals surface area contributed by atoms with Crippen molar-refractivity contribution in [3.63, 3.8) is 0 Å². The van der Waals surface area contributed by atoms with Gasteiger partial charge in [-0.3, -0.25) is 9.59 Å². The molecule has 0 N–H and O–H groups in total. The van der Waals surface area contributed by atoms with Crippen LogP contribution in [0, 0.1) is 11.8 Å². The number of hydrogen-bond acceptors (Lipinski definition) is 4. The van der Waals surface area contributed by atoms with Crippen molar-refractivity contribution >= 4 is 46.5 Å². The number of fused-ring (bicyclic) bond motifs is 2. The summed E-state index contributed by atoms with van der Waals surface area (Å²) >= 11 is 17.3. The molecule has 3 rings (SSSR count). The Balaban J connectivity index is 1.69.